The maximum Gasteiger partial charge on any atom is 0.324 e. The van der Waals surface area contributed by atoms with Crippen molar-refractivity contribution in [3.05, 3.63) is 17.7 Å². The molecule has 0 unspecified atom stereocenters. The van der Waals surface area contributed by atoms with Gasteiger partial charge in [-0.3, -0.25) is 5.32 Å². The van der Waals surface area contributed by atoms with E-state index in [1.165, 1.54) is 4.90 Å². The summed E-state index contributed by atoms with van der Waals surface area (Å²) in [6.45, 7) is 2.03. The number of carbonyl (C=O) groups excluding carboxylic acids is 1. The molecule has 0 aliphatic carbocycles. The summed E-state index contributed by atoms with van der Waals surface area (Å²) in [5.41, 5.74) is 2.69. The number of anilines is 1. The first-order valence-corrected chi connectivity index (χ1v) is 9.00. The van der Waals surface area contributed by atoms with Gasteiger partial charge < -0.3 is 19.4 Å². The Kier molecular flexibility index (Phi) is 4.67. The van der Waals surface area contributed by atoms with Crippen molar-refractivity contribution in [2.75, 3.05) is 38.7 Å². The number of imidazole rings is 1. The summed E-state index contributed by atoms with van der Waals surface area (Å²) in [6, 6.07) is 3.62. The molecule has 2 N–H and O–H groups in total. The van der Waals surface area contributed by atoms with Crippen LogP contribution in [-0.2, 0) is 4.74 Å². The molecule has 0 bridgehead atoms. The van der Waals surface area contributed by atoms with Gasteiger partial charge in [-0.05, 0) is 36.8 Å². The fourth-order valence-corrected chi connectivity index (χ4v) is 3.74. The molecule has 1 aromatic heterocycles. The van der Waals surface area contributed by atoms with E-state index in [-0.39, 0.29) is 12.6 Å². The Labute approximate surface area is 150 Å². The maximum absolute atomic E-state index is 13.3. The summed E-state index contributed by atoms with van der Waals surface area (Å²) in [5, 5.41) is 2.75. The zero-order valence-electron chi connectivity index (χ0n) is 14.8. The van der Waals surface area contributed by atoms with Crippen LogP contribution in [0.3, 0.4) is 0 Å². The lowest BCUT2D eigenvalue weighted by Crippen LogP contribution is -2.33. The summed E-state index contributed by atoms with van der Waals surface area (Å²) in [4.78, 5) is 21.5. The second-order valence-corrected chi connectivity index (χ2v) is 6.81. The number of hydrogen-bond acceptors (Lipinski definition) is 4. The van der Waals surface area contributed by atoms with E-state index in [0.29, 0.717) is 30.6 Å². The number of likely N-dealkylation sites (tertiary alicyclic amines) is 1. The number of nitrogens with zero attached hydrogens (tertiary/aromatic N) is 2. The van der Waals surface area contributed by atoms with Crippen LogP contribution in [0, 0.1) is 0 Å². The van der Waals surface area contributed by atoms with E-state index in [1.54, 1.807) is 7.11 Å². The van der Waals surface area contributed by atoms with Gasteiger partial charge in [0, 0.05) is 19.8 Å². The van der Waals surface area contributed by atoms with Gasteiger partial charge in [0.25, 0.3) is 0 Å². The van der Waals surface area contributed by atoms with Crippen LogP contribution in [0.1, 0.15) is 30.7 Å². The molecule has 1 aromatic carbocycles. The van der Waals surface area contributed by atoms with Gasteiger partial charge in [0.15, 0.2) is 0 Å². The number of alkyl halides is 1. The van der Waals surface area contributed by atoms with E-state index in [2.05, 4.69) is 15.3 Å². The Balaban J connectivity index is 1.63. The summed E-state index contributed by atoms with van der Waals surface area (Å²) in [7, 11) is 1.60. The zero-order chi connectivity index (χ0) is 18.1. The number of ether oxygens (including phenoxy) is 2. The number of rotatable bonds is 3. The average Bonchev–Trinajstić information content (AvgIpc) is 3.27. The van der Waals surface area contributed by atoms with Gasteiger partial charge in [-0.2, -0.15) is 0 Å². The first-order chi connectivity index (χ1) is 12.7. The van der Waals surface area contributed by atoms with Crippen molar-refractivity contribution in [1.82, 2.24) is 14.9 Å². The van der Waals surface area contributed by atoms with Gasteiger partial charge in [-0.25, -0.2) is 14.2 Å². The summed E-state index contributed by atoms with van der Waals surface area (Å²) >= 11 is 0. The fraction of sp³-hybridized carbons (Fsp3) is 0.556. The van der Waals surface area contributed by atoms with Crippen molar-refractivity contribution in [2.24, 2.45) is 0 Å². The summed E-state index contributed by atoms with van der Waals surface area (Å²) < 4.78 is 24.2. The number of H-pyrrole nitrogens is 1. The highest BCUT2D eigenvalue weighted by atomic mass is 19.1. The smallest absolute Gasteiger partial charge is 0.324 e. The molecule has 140 valence electrons. The molecule has 3 heterocycles. The van der Waals surface area contributed by atoms with Crippen LogP contribution in [0.5, 0.6) is 5.75 Å². The Hall–Kier alpha value is -2.35. The van der Waals surface area contributed by atoms with E-state index < -0.39 is 6.17 Å². The number of amides is 2. The monoisotopic (exact) mass is 362 g/mol. The third kappa shape index (κ3) is 3.21. The minimum absolute atomic E-state index is 0.128. The van der Waals surface area contributed by atoms with Crippen molar-refractivity contribution < 1.29 is 18.7 Å². The van der Waals surface area contributed by atoms with Crippen LogP contribution in [0.4, 0.5) is 15.1 Å². The molecule has 2 amide bonds. The van der Waals surface area contributed by atoms with Gasteiger partial charge >= 0.3 is 6.03 Å². The lowest BCUT2D eigenvalue weighted by Gasteiger charge is -2.22. The van der Waals surface area contributed by atoms with Crippen LogP contribution < -0.4 is 10.1 Å². The zero-order valence-corrected chi connectivity index (χ0v) is 14.8. The third-order valence-corrected chi connectivity index (χ3v) is 5.16. The van der Waals surface area contributed by atoms with E-state index in [1.807, 2.05) is 12.1 Å². The number of carbonyl (C=O) groups is 1. The molecule has 1 atom stereocenters. The first kappa shape index (κ1) is 17.1. The van der Waals surface area contributed by atoms with Gasteiger partial charge in [0.1, 0.15) is 17.4 Å². The quantitative estimate of drug-likeness (QED) is 0.880. The minimum Gasteiger partial charge on any atom is -0.494 e. The molecule has 2 aromatic rings. The van der Waals surface area contributed by atoms with Crippen molar-refractivity contribution in [2.45, 2.75) is 31.4 Å². The Morgan fingerprint density at radius 2 is 2.19 bits per heavy atom. The number of fused-ring (bicyclic) bond motifs is 1. The molecule has 7 nitrogen and oxygen atoms in total. The highest BCUT2D eigenvalue weighted by molar-refractivity contribution is 5.92. The largest absolute Gasteiger partial charge is 0.494 e. The van der Waals surface area contributed by atoms with Crippen LogP contribution >= 0.6 is 0 Å². The predicted octanol–water partition coefficient (Wildman–Crippen LogP) is 3.04. The van der Waals surface area contributed by atoms with Gasteiger partial charge in [-0.1, -0.05) is 6.07 Å². The van der Waals surface area contributed by atoms with Gasteiger partial charge in [0.2, 0.25) is 5.95 Å². The van der Waals surface area contributed by atoms with Crippen LogP contribution in [-0.4, -0.2) is 60.5 Å². The van der Waals surface area contributed by atoms with Crippen molar-refractivity contribution in [3.8, 4) is 5.75 Å². The average molecular weight is 362 g/mol. The van der Waals surface area contributed by atoms with Crippen molar-refractivity contribution in [3.63, 3.8) is 0 Å². The molecule has 0 radical (unpaired) electrons. The van der Waals surface area contributed by atoms with E-state index >= 15 is 0 Å². The topological polar surface area (TPSA) is 79.5 Å². The number of aromatic amines is 1. The first-order valence-electron chi connectivity index (χ1n) is 9.00. The molecule has 26 heavy (non-hydrogen) atoms. The molecule has 2 aliphatic rings. The number of urea groups is 1. The van der Waals surface area contributed by atoms with Crippen molar-refractivity contribution in [1.29, 1.82) is 0 Å². The normalized spacial score (nSPS) is 21.3. The molecular weight excluding hydrogens is 339 g/mol. The number of nitrogens with one attached hydrogen (secondary N) is 2. The number of hydrogen-bond donors (Lipinski definition) is 2. The number of methoxy groups -OCH3 is 1. The Morgan fingerprint density at radius 3 is 2.88 bits per heavy atom. The minimum atomic E-state index is -0.948. The highest BCUT2D eigenvalue weighted by Crippen LogP contribution is 2.36. The molecule has 0 spiro atoms. The van der Waals surface area contributed by atoms with Crippen LogP contribution in [0.25, 0.3) is 11.0 Å². The lowest BCUT2D eigenvalue weighted by molar-refractivity contribution is 0.0856. The lowest BCUT2D eigenvalue weighted by atomic mass is 9.90. The van der Waals surface area contributed by atoms with E-state index in [9.17, 15) is 9.18 Å². The summed E-state index contributed by atoms with van der Waals surface area (Å²) in [5.74, 6) is 1.40. The fourth-order valence-electron chi connectivity index (χ4n) is 3.74. The van der Waals surface area contributed by atoms with E-state index in [4.69, 9.17) is 9.47 Å². The molecule has 4 rings (SSSR count). The molecule has 2 saturated heterocycles. The van der Waals surface area contributed by atoms with Crippen LogP contribution in [0.2, 0.25) is 0 Å². The molecular formula is C18H23FN4O3. The molecule has 8 heteroatoms. The predicted molar refractivity (Wildman–Crippen MR) is 95.5 cm³/mol. The van der Waals surface area contributed by atoms with Crippen molar-refractivity contribution >= 4 is 23.0 Å². The van der Waals surface area contributed by atoms with Gasteiger partial charge in [0.05, 0.1) is 19.2 Å². The molecule has 0 saturated carbocycles. The van der Waals surface area contributed by atoms with Gasteiger partial charge in [-0.15, -0.1) is 0 Å². The van der Waals surface area contributed by atoms with Crippen LogP contribution in [0.15, 0.2) is 12.1 Å². The number of halogens is 1. The number of aromatic nitrogens is 2. The second kappa shape index (κ2) is 7.11. The summed E-state index contributed by atoms with van der Waals surface area (Å²) in [6.07, 6.45) is 1.33. The van der Waals surface area contributed by atoms with E-state index in [0.717, 1.165) is 42.7 Å². The Bertz CT molecular complexity index is 803. The number of benzene rings is 1. The SMILES string of the molecule is COc1ccc(C2CCOCC2)c2nc(NC(=O)N3CC[C@H](F)C3)[nH]c12. The molecule has 2 aliphatic heterocycles. The Morgan fingerprint density at radius 1 is 1.38 bits per heavy atom. The second-order valence-electron chi connectivity index (χ2n) is 6.81. The molecule has 2 fully saturated rings. The third-order valence-electron chi connectivity index (χ3n) is 5.16. The highest BCUT2D eigenvalue weighted by Gasteiger charge is 2.27. The maximum atomic E-state index is 13.3. The standard InChI is InChI=1S/C18H23FN4O3/c1-25-14-3-2-13(11-5-8-26-9-6-11)15-16(14)21-17(20-15)22-18(24)23-7-4-12(19)10-23/h2-3,11-12H,4-10H2,1H3,(H2,20,21,22,24)/t12-/m0/s1.